The Labute approximate surface area is 125 Å². The van der Waals surface area contributed by atoms with Crippen LogP contribution in [0, 0.1) is 11.8 Å². The van der Waals surface area contributed by atoms with Gasteiger partial charge in [-0.2, -0.15) is 0 Å². The second kappa shape index (κ2) is 7.18. The lowest BCUT2D eigenvalue weighted by atomic mass is 10.0. The van der Waals surface area contributed by atoms with Crippen LogP contribution in [0.2, 0.25) is 0 Å². The van der Waals surface area contributed by atoms with Gasteiger partial charge in [0.1, 0.15) is 6.04 Å². The van der Waals surface area contributed by atoms with Crippen molar-refractivity contribution in [1.29, 1.82) is 0 Å². The Bertz CT molecular complexity index is 481. The number of aliphatic carboxylic acids is 2. The minimum absolute atomic E-state index is 0.262. The van der Waals surface area contributed by atoms with Crippen LogP contribution in [0.25, 0.3) is 0 Å². The number of nitrogens with one attached hydrogen (secondary N) is 1. The van der Waals surface area contributed by atoms with Gasteiger partial charge in [-0.05, 0) is 12.3 Å². The summed E-state index contributed by atoms with van der Waals surface area (Å²) in [5, 5.41) is 29.7. The summed E-state index contributed by atoms with van der Waals surface area (Å²) >= 11 is 0. The molecule has 8 N–H and O–H groups in total. The van der Waals surface area contributed by atoms with E-state index in [4.69, 9.17) is 21.7 Å². The fourth-order valence-electron chi connectivity index (χ4n) is 2.15. The molecule has 1 aliphatic rings. The van der Waals surface area contributed by atoms with Crippen LogP contribution in [0.5, 0.6) is 0 Å². The lowest BCUT2D eigenvalue weighted by Crippen LogP contribution is -2.50. The van der Waals surface area contributed by atoms with Gasteiger partial charge >= 0.3 is 11.9 Å². The number of carbonyl (C=O) groups excluding carboxylic acids is 2. The number of carboxylic acid groups (broad SMARTS) is 2. The van der Waals surface area contributed by atoms with Gasteiger partial charge in [-0.15, -0.1) is 0 Å². The van der Waals surface area contributed by atoms with Crippen LogP contribution in [0.4, 0.5) is 0 Å². The van der Waals surface area contributed by atoms with Crippen molar-refractivity contribution in [3.05, 3.63) is 0 Å². The number of amides is 2. The molecular weight excluding hydrogens is 298 g/mol. The molecular formula is C12H19N3O7. The maximum absolute atomic E-state index is 11.6. The third kappa shape index (κ3) is 4.97. The van der Waals surface area contributed by atoms with Crippen LogP contribution >= 0.6 is 0 Å². The normalized spacial score (nSPS) is 23.9. The Kier molecular flexibility index (Phi) is 5.83. The van der Waals surface area contributed by atoms with Crippen LogP contribution in [0.3, 0.4) is 0 Å². The zero-order valence-electron chi connectivity index (χ0n) is 11.6. The molecule has 1 rings (SSSR count). The van der Waals surface area contributed by atoms with Crippen molar-refractivity contribution in [3.8, 4) is 0 Å². The molecule has 0 bridgehead atoms. The Hall–Kier alpha value is -2.20. The van der Waals surface area contributed by atoms with Gasteiger partial charge in [0.15, 0.2) is 0 Å². The molecule has 124 valence electrons. The van der Waals surface area contributed by atoms with Crippen molar-refractivity contribution < 1.29 is 34.5 Å². The van der Waals surface area contributed by atoms with Gasteiger partial charge in [-0.1, -0.05) is 0 Å². The first-order valence-corrected chi connectivity index (χ1v) is 6.61. The first-order chi connectivity index (χ1) is 10.1. The number of carboxylic acids is 2. The summed E-state index contributed by atoms with van der Waals surface area (Å²) in [7, 11) is 0. The Morgan fingerprint density at radius 1 is 1.23 bits per heavy atom. The number of hydrogen-bond acceptors (Lipinski definition) is 6. The summed E-state index contributed by atoms with van der Waals surface area (Å²) in [6.45, 7) is 0. The molecule has 10 nitrogen and oxygen atoms in total. The highest BCUT2D eigenvalue weighted by Crippen LogP contribution is 2.42. The number of primary amides is 1. The van der Waals surface area contributed by atoms with Crippen LogP contribution in [0.15, 0.2) is 0 Å². The number of nitrogens with two attached hydrogens (primary N) is 2. The summed E-state index contributed by atoms with van der Waals surface area (Å²) in [6.07, 6.45) is -1.70. The molecule has 0 saturated heterocycles. The summed E-state index contributed by atoms with van der Waals surface area (Å²) in [5.74, 6) is -5.37. The van der Waals surface area contributed by atoms with Crippen molar-refractivity contribution >= 4 is 23.8 Å². The second-order valence-electron chi connectivity index (χ2n) is 5.32. The fraction of sp³-hybridized carbons (Fsp3) is 0.667. The van der Waals surface area contributed by atoms with Crippen LogP contribution in [-0.4, -0.2) is 57.3 Å². The largest absolute Gasteiger partial charge is 0.481 e. The predicted molar refractivity (Wildman–Crippen MR) is 71.2 cm³/mol. The maximum atomic E-state index is 11.6. The summed E-state index contributed by atoms with van der Waals surface area (Å²) < 4.78 is 0. The van der Waals surface area contributed by atoms with Crippen molar-refractivity contribution in [2.24, 2.45) is 23.3 Å². The lowest BCUT2D eigenvalue weighted by molar-refractivity contribution is -0.143. The number of rotatable bonds is 9. The number of carbonyl (C=O) groups is 4. The maximum Gasteiger partial charge on any atom is 0.326 e. The van der Waals surface area contributed by atoms with Gasteiger partial charge in [0.25, 0.3) is 0 Å². The molecule has 0 aromatic rings. The van der Waals surface area contributed by atoms with E-state index in [0.717, 1.165) is 0 Å². The molecule has 1 aliphatic carbocycles. The molecule has 1 fully saturated rings. The van der Waals surface area contributed by atoms with Crippen molar-refractivity contribution in [2.45, 2.75) is 37.5 Å². The van der Waals surface area contributed by atoms with E-state index in [1.807, 2.05) is 0 Å². The first-order valence-electron chi connectivity index (χ1n) is 6.61. The van der Waals surface area contributed by atoms with E-state index in [1.54, 1.807) is 0 Å². The van der Waals surface area contributed by atoms with Crippen molar-refractivity contribution in [2.75, 3.05) is 0 Å². The lowest BCUT2D eigenvalue weighted by Gasteiger charge is -2.20. The van der Waals surface area contributed by atoms with Crippen LogP contribution < -0.4 is 16.8 Å². The molecule has 1 saturated carbocycles. The van der Waals surface area contributed by atoms with E-state index in [1.165, 1.54) is 0 Å². The molecule has 22 heavy (non-hydrogen) atoms. The molecule has 0 aromatic heterocycles. The standard InChI is InChI=1S/C12H19N3O7/c13-6(2-9(14)17)10(18)15-7(12(21)22)3-8(16)4-1-5(4)11(19)20/h4-8,16H,1-3,13H2,(H2,14,17)(H,15,18)(H,19,20)(H,21,22)/t4-,5-,6+,7-,8+/m1/s1. The van der Waals surface area contributed by atoms with Gasteiger partial charge in [0, 0.05) is 6.42 Å². The van der Waals surface area contributed by atoms with E-state index in [2.05, 4.69) is 5.32 Å². The molecule has 2 amide bonds. The molecule has 0 heterocycles. The van der Waals surface area contributed by atoms with Crippen molar-refractivity contribution in [1.82, 2.24) is 5.32 Å². The van der Waals surface area contributed by atoms with E-state index in [9.17, 15) is 24.3 Å². The third-order valence-electron chi connectivity index (χ3n) is 3.50. The van der Waals surface area contributed by atoms with Gasteiger partial charge in [0.2, 0.25) is 11.8 Å². The molecule has 10 heteroatoms. The highest BCUT2D eigenvalue weighted by molar-refractivity contribution is 5.90. The molecule has 0 spiro atoms. The topological polar surface area (TPSA) is 193 Å². The number of aliphatic hydroxyl groups is 1. The van der Waals surface area contributed by atoms with Gasteiger partial charge in [0.05, 0.1) is 24.5 Å². The number of hydrogen-bond donors (Lipinski definition) is 6. The average Bonchev–Trinajstić information content (AvgIpc) is 3.16. The van der Waals surface area contributed by atoms with Gasteiger partial charge < -0.3 is 32.1 Å². The monoisotopic (exact) mass is 317 g/mol. The fourth-order valence-corrected chi connectivity index (χ4v) is 2.15. The van der Waals surface area contributed by atoms with E-state index < -0.39 is 60.2 Å². The SMILES string of the molecule is NC(=O)C[C@H](N)C(=O)N[C@H](C[C@H](O)[C@@H]1C[C@H]1C(=O)O)C(=O)O. The summed E-state index contributed by atoms with van der Waals surface area (Å²) in [6, 6.07) is -2.72. The van der Waals surface area contributed by atoms with Crippen LogP contribution in [-0.2, 0) is 19.2 Å². The second-order valence-corrected chi connectivity index (χ2v) is 5.32. The molecule has 5 atom stereocenters. The Balaban J connectivity index is 2.55. The highest BCUT2D eigenvalue weighted by Gasteiger charge is 2.48. The Morgan fingerprint density at radius 2 is 1.82 bits per heavy atom. The smallest absolute Gasteiger partial charge is 0.326 e. The quantitative estimate of drug-likeness (QED) is 0.263. The average molecular weight is 317 g/mol. The zero-order chi connectivity index (χ0) is 17.0. The van der Waals surface area contributed by atoms with Crippen molar-refractivity contribution in [3.63, 3.8) is 0 Å². The first kappa shape index (κ1) is 17.9. The summed E-state index contributed by atoms with van der Waals surface area (Å²) in [4.78, 5) is 44.1. The van der Waals surface area contributed by atoms with Crippen LogP contribution in [0.1, 0.15) is 19.3 Å². The van der Waals surface area contributed by atoms with E-state index in [-0.39, 0.29) is 12.8 Å². The predicted octanol–water partition coefficient (Wildman–Crippen LogP) is -2.77. The molecule has 0 aromatic carbocycles. The summed E-state index contributed by atoms with van der Waals surface area (Å²) in [5.41, 5.74) is 10.3. The van der Waals surface area contributed by atoms with Gasteiger partial charge in [-0.3, -0.25) is 14.4 Å². The van der Waals surface area contributed by atoms with Gasteiger partial charge in [-0.25, -0.2) is 4.79 Å². The Morgan fingerprint density at radius 3 is 2.23 bits per heavy atom. The minimum atomic E-state index is -1.43. The zero-order valence-corrected chi connectivity index (χ0v) is 11.6. The van der Waals surface area contributed by atoms with E-state index >= 15 is 0 Å². The van der Waals surface area contributed by atoms with E-state index in [0.29, 0.717) is 0 Å². The molecule has 0 unspecified atom stereocenters. The molecule has 0 aliphatic heterocycles. The number of aliphatic hydroxyl groups excluding tert-OH is 1. The molecule has 0 radical (unpaired) electrons. The third-order valence-corrected chi connectivity index (χ3v) is 3.50. The minimum Gasteiger partial charge on any atom is -0.481 e. The highest BCUT2D eigenvalue weighted by atomic mass is 16.4.